The van der Waals surface area contributed by atoms with Gasteiger partial charge < -0.3 is 9.64 Å². The maximum absolute atomic E-state index is 12.1. The second-order valence-corrected chi connectivity index (χ2v) is 6.89. The molecule has 0 aromatic heterocycles. The Bertz CT molecular complexity index is 358. The summed E-state index contributed by atoms with van der Waals surface area (Å²) < 4.78 is 5.68. The van der Waals surface area contributed by atoms with Crippen molar-refractivity contribution in [1.82, 2.24) is 9.80 Å². The Balaban J connectivity index is 2.66. The summed E-state index contributed by atoms with van der Waals surface area (Å²) in [5, 5.41) is 0. The number of carbonyl (C=O) groups is 2. The lowest BCUT2D eigenvalue weighted by atomic mass is 9.98. The van der Waals surface area contributed by atoms with Crippen LogP contribution in [0.15, 0.2) is 0 Å². The average Bonchev–Trinajstić information content (AvgIpc) is 2.51. The number of ether oxygens (including phenoxy) is 1. The van der Waals surface area contributed by atoms with Crippen LogP contribution in [0.25, 0.3) is 0 Å². The maximum Gasteiger partial charge on any atom is 0.327 e. The molecule has 0 unspecified atom stereocenters. The molecule has 1 heterocycles. The predicted octanol–water partition coefficient (Wildman–Crippen LogP) is 2.11. The number of hydrogen-bond acceptors (Lipinski definition) is 3. The molecule has 1 fully saturated rings. The average molecular weight is 270 g/mol. The van der Waals surface area contributed by atoms with E-state index in [9.17, 15) is 9.59 Å². The standard InChI is InChI=1S/C14H26N2O3/c1-7-15-8-11(17)16(12(15)18)14(5,6)10-19-9-13(2,3)4/h7-10H2,1-6H3. The summed E-state index contributed by atoms with van der Waals surface area (Å²) >= 11 is 0. The monoisotopic (exact) mass is 270 g/mol. The molecule has 0 aromatic carbocycles. The summed E-state index contributed by atoms with van der Waals surface area (Å²) in [7, 11) is 0. The quantitative estimate of drug-likeness (QED) is 0.719. The largest absolute Gasteiger partial charge is 0.378 e. The Hall–Kier alpha value is -1.10. The normalized spacial score (nSPS) is 17.6. The van der Waals surface area contributed by atoms with Crippen molar-refractivity contribution in [2.24, 2.45) is 5.41 Å². The summed E-state index contributed by atoms with van der Waals surface area (Å²) in [6.45, 7) is 13.6. The molecule has 5 heteroatoms. The van der Waals surface area contributed by atoms with Crippen molar-refractivity contribution in [2.45, 2.75) is 47.1 Å². The minimum absolute atomic E-state index is 0.0740. The van der Waals surface area contributed by atoms with Crippen LogP contribution >= 0.6 is 0 Å². The predicted molar refractivity (Wildman–Crippen MR) is 73.8 cm³/mol. The number of nitrogens with zero attached hydrogens (tertiary/aromatic N) is 2. The van der Waals surface area contributed by atoms with Crippen LogP contribution in [-0.4, -0.2) is 53.6 Å². The van der Waals surface area contributed by atoms with E-state index in [2.05, 4.69) is 20.8 Å². The summed E-state index contributed by atoms with van der Waals surface area (Å²) in [6, 6.07) is -0.211. The maximum atomic E-state index is 12.1. The van der Waals surface area contributed by atoms with Gasteiger partial charge in [0.05, 0.1) is 18.8 Å². The van der Waals surface area contributed by atoms with Crippen LogP contribution in [0.4, 0.5) is 4.79 Å². The molecule has 0 saturated carbocycles. The van der Waals surface area contributed by atoms with Gasteiger partial charge in [0.25, 0.3) is 5.91 Å². The van der Waals surface area contributed by atoms with Crippen molar-refractivity contribution in [2.75, 3.05) is 26.3 Å². The number of rotatable bonds is 5. The fourth-order valence-corrected chi connectivity index (χ4v) is 2.06. The number of imide groups is 1. The fraction of sp³-hybridized carbons (Fsp3) is 0.857. The smallest absolute Gasteiger partial charge is 0.327 e. The number of likely N-dealkylation sites (N-methyl/N-ethyl adjacent to an activating group) is 1. The minimum Gasteiger partial charge on any atom is -0.378 e. The molecular formula is C14H26N2O3. The van der Waals surface area contributed by atoms with E-state index in [-0.39, 0.29) is 23.9 Å². The van der Waals surface area contributed by atoms with Gasteiger partial charge in [-0.25, -0.2) is 4.79 Å². The van der Waals surface area contributed by atoms with Crippen LogP contribution in [0.3, 0.4) is 0 Å². The molecule has 5 nitrogen and oxygen atoms in total. The first-order valence-corrected chi connectivity index (χ1v) is 6.78. The van der Waals surface area contributed by atoms with Crippen LogP contribution in [0.5, 0.6) is 0 Å². The van der Waals surface area contributed by atoms with E-state index in [1.165, 1.54) is 4.90 Å². The molecule has 1 saturated heterocycles. The zero-order valence-corrected chi connectivity index (χ0v) is 12.9. The SMILES string of the molecule is CCN1CC(=O)N(C(C)(C)COCC(C)(C)C)C1=O. The van der Waals surface area contributed by atoms with E-state index in [1.807, 2.05) is 20.8 Å². The first-order valence-electron chi connectivity index (χ1n) is 6.78. The molecule has 0 aliphatic carbocycles. The van der Waals surface area contributed by atoms with Crippen LogP contribution in [0.1, 0.15) is 41.5 Å². The Labute approximate surface area is 115 Å². The van der Waals surface area contributed by atoms with E-state index in [0.29, 0.717) is 19.8 Å². The summed E-state index contributed by atoms with van der Waals surface area (Å²) in [4.78, 5) is 27.0. The minimum atomic E-state index is -0.608. The summed E-state index contributed by atoms with van der Waals surface area (Å²) in [6.07, 6.45) is 0. The highest BCUT2D eigenvalue weighted by Gasteiger charge is 2.44. The zero-order chi connectivity index (χ0) is 14.8. The van der Waals surface area contributed by atoms with E-state index in [4.69, 9.17) is 4.74 Å². The van der Waals surface area contributed by atoms with Crippen LogP contribution < -0.4 is 0 Å². The van der Waals surface area contributed by atoms with Gasteiger partial charge in [-0.1, -0.05) is 20.8 Å². The number of hydrogen-bond donors (Lipinski definition) is 0. The van der Waals surface area contributed by atoms with Gasteiger partial charge in [0.15, 0.2) is 0 Å². The third kappa shape index (κ3) is 3.93. The third-order valence-electron chi connectivity index (χ3n) is 3.01. The van der Waals surface area contributed by atoms with Crippen molar-refractivity contribution in [3.8, 4) is 0 Å². The molecule has 0 spiro atoms. The van der Waals surface area contributed by atoms with Gasteiger partial charge in [0, 0.05) is 6.54 Å². The molecule has 0 N–H and O–H groups in total. The number of urea groups is 1. The van der Waals surface area contributed by atoms with Gasteiger partial charge in [-0.15, -0.1) is 0 Å². The fourth-order valence-electron chi connectivity index (χ4n) is 2.06. The number of carbonyl (C=O) groups excluding carboxylic acids is 2. The lowest BCUT2D eigenvalue weighted by molar-refractivity contribution is -0.130. The topological polar surface area (TPSA) is 49.9 Å². The van der Waals surface area contributed by atoms with Gasteiger partial charge >= 0.3 is 6.03 Å². The second kappa shape index (κ2) is 5.49. The highest BCUT2D eigenvalue weighted by atomic mass is 16.5. The first-order chi connectivity index (χ1) is 8.58. The van der Waals surface area contributed by atoms with Crippen molar-refractivity contribution in [3.05, 3.63) is 0 Å². The Morgan fingerprint density at radius 2 is 1.68 bits per heavy atom. The molecule has 1 aliphatic heterocycles. The Morgan fingerprint density at radius 3 is 2.11 bits per heavy atom. The molecule has 0 bridgehead atoms. The molecule has 3 amide bonds. The number of amides is 3. The van der Waals surface area contributed by atoms with Crippen LogP contribution in [-0.2, 0) is 9.53 Å². The van der Waals surface area contributed by atoms with Crippen molar-refractivity contribution >= 4 is 11.9 Å². The highest BCUT2D eigenvalue weighted by Crippen LogP contribution is 2.23. The lowest BCUT2D eigenvalue weighted by Gasteiger charge is -2.34. The Kier molecular flexibility index (Phi) is 4.61. The molecule has 1 aliphatic rings. The van der Waals surface area contributed by atoms with Gasteiger partial charge in [-0.2, -0.15) is 0 Å². The lowest BCUT2D eigenvalue weighted by Crippen LogP contribution is -2.51. The Morgan fingerprint density at radius 1 is 1.11 bits per heavy atom. The van der Waals surface area contributed by atoms with E-state index < -0.39 is 5.54 Å². The molecule has 19 heavy (non-hydrogen) atoms. The van der Waals surface area contributed by atoms with Gasteiger partial charge in [0.1, 0.15) is 6.54 Å². The molecule has 0 aromatic rings. The van der Waals surface area contributed by atoms with E-state index >= 15 is 0 Å². The molecule has 0 atom stereocenters. The molecule has 1 rings (SSSR count). The molecule has 110 valence electrons. The second-order valence-electron chi connectivity index (χ2n) is 6.89. The van der Waals surface area contributed by atoms with Gasteiger partial charge in [0.2, 0.25) is 0 Å². The van der Waals surface area contributed by atoms with Gasteiger partial charge in [-0.3, -0.25) is 9.69 Å². The third-order valence-corrected chi connectivity index (χ3v) is 3.01. The van der Waals surface area contributed by atoms with Crippen molar-refractivity contribution in [1.29, 1.82) is 0 Å². The zero-order valence-electron chi connectivity index (χ0n) is 12.9. The van der Waals surface area contributed by atoms with E-state index in [0.717, 1.165) is 0 Å². The van der Waals surface area contributed by atoms with E-state index in [1.54, 1.807) is 4.90 Å². The van der Waals surface area contributed by atoms with Gasteiger partial charge in [-0.05, 0) is 26.2 Å². The van der Waals surface area contributed by atoms with Crippen LogP contribution in [0.2, 0.25) is 0 Å². The first kappa shape index (κ1) is 16.0. The van der Waals surface area contributed by atoms with Crippen LogP contribution in [0, 0.1) is 5.41 Å². The summed E-state index contributed by atoms with van der Waals surface area (Å²) in [5.74, 6) is -0.142. The molecule has 0 radical (unpaired) electrons. The van der Waals surface area contributed by atoms with Crippen molar-refractivity contribution < 1.29 is 14.3 Å². The highest BCUT2D eigenvalue weighted by molar-refractivity contribution is 6.02. The van der Waals surface area contributed by atoms with Crippen molar-refractivity contribution in [3.63, 3.8) is 0 Å². The molecular weight excluding hydrogens is 244 g/mol. The summed E-state index contributed by atoms with van der Waals surface area (Å²) in [5.41, 5.74) is -0.534.